The molecule has 1 aliphatic heterocycles. The van der Waals surface area contributed by atoms with Gasteiger partial charge in [-0.3, -0.25) is 0 Å². The molecule has 34 heavy (non-hydrogen) atoms. The van der Waals surface area contributed by atoms with E-state index in [9.17, 15) is 14.4 Å². The Morgan fingerprint density at radius 3 is 2.59 bits per heavy atom. The molecule has 9 nitrogen and oxygen atoms in total. The molecule has 0 aliphatic carbocycles. The van der Waals surface area contributed by atoms with Crippen LogP contribution in [0, 0.1) is 0 Å². The Morgan fingerprint density at radius 1 is 1.09 bits per heavy atom. The van der Waals surface area contributed by atoms with Crippen molar-refractivity contribution in [2.45, 2.75) is 32.4 Å². The lowest BCUT2D eigenvalue weighted by molar-refractivity contribution is 0.0194. The molecule has 0 radical (unpaired) electrons. The molecule has 0 aromatic heterocycles. The van der Waals surface area contributed by atoms with Crippen LogP contribution in [0.2, 0.25) is 0 Å². The maximum atomic E-state index is 12.4. The number of nitrogens with one attached hydrogen (secondary N) is 2. The normalized spacial score (nSPS) is 15.9. The second kappa shape index (κ2) is 11.5. The predicted octanol–water partition coefficient (Wildman–Crippen LogP) is 3.51. The summed E-state index contributed by atoms with van der Waals surface area (Å²) in [6, 6.07) is 15.8. The summed E-state index contributed by atoms with van der Waals surface area (Å²) in [6.45, 7) is 7.63. The van der Waals surface area contributed by atoms with E-state index in [1.165, 1.54) is 0 Å². The number of hydrogen-bond acceptors (Lipinski definition) is 7. The molecule has 3 rings (SSSR count). The highest BCUT2D eigenvalue weighted by Gasteiger charge is 2.28. The van der Waals surface area contributed by atoms with Crippen molar-refractivity contribution in [2.24, 2.45) is 0 Å². The van der Waals surface area contributed by atoms with Gasteiger partial charge in [0, 0.05) is 19.6 Å². The summed E-state index contributed by atoms with van der Waals surface area (Å²) < 4.78 is 16.0. The van der Waals surface area contributed by atoms with Gasteiger partial charge in [0.25, 0.3) is 0 Å². The van der Waals surface area contributed by atoms with Crippen molar-refractivity contribution >= 4 is 18.2 Å². The fourth-order valence-electron chi connectivity index (χ4n) is 3.36. The number of piperazine rings is 1. The van der Waals surface area contributed by atoms with Crippen LogP contribution in [0.4, 0.5) is 9.59 Å². The number of carbonyl (C=O) groups is 3. The fourth-order valence-corrected chi connectivity index (χ4v) is 3.36. The monoisotopic (exact) mass is 469 g/mol. The number of esters is 1. The summed E-state index contributed by atoms with van der Waals surface area (Å²) in [6.07, 6.45) is -1.16. The van der Waals surface area contributed by atoms with Gasteiger partial charge in [0.05, 0.1) is 18.2 Å². The highest BCUT2D eigenvalue weighted by molar-refractivity contribution is 5.96. The molecule has 0 saturated carbocycles. The van der Waals surface area contributed by atoms with Crippen molar-refractivity contribution in [3.63, 3.8) is 0 Å². The Kier molecular flexibility index (Phi) is 8.48. The topological polar surface area (TPSA) is 106 Å². The van der Waals surface area contributed by atoms with Crippen molar-refractivity contribution in [3.05, 3.63) is 65.7 Å². The van der Waals surface area contributed by atoms with Gasteiger partial charge in [-0.2, -0.15) is 0 Å². The van der Waals surface area contributed by atoms with Gasteiger partial charge in [0.1, 0.15) is 18.0 Å². The first-order valence-electron chi connectivity index (χ1n) is 11.2. The van der Waals surface area contributed by atoms with E-state index in [0.717, 1.165) is 5.56 Å². The Hall–Kier alpha value is -3.59. The Labute approximate surface area is 199 Å². The molecule has 9 heteroatoms. The van der Waals surface area contributed by atoms with Crippen LogP contribution in [0.3, 0.4) is 0 Å². The minimum absolute atomic E-state index is 0.0538. The van der Waals surface area contributed by atoms with Gasteiger partial charge < -0.3 is 29.7 Å². The van der Waals surface area contributed by atoms with Crippen LogP contribution >= 0.6 is 0 Å². The zero-order valence-electron chi connectivity index (χ0n) is 19.7. The number of alkyl carbamates (subject to hydrolysis) is 1. The lowest BCUT2D eigenvalue weighted by Gasteiger charge is -2.35. The fraction of sp³-hybridized carbons (Fsp3) is 0.400. The zero-order valence-corrected chi connectivity index (χ0v) is 19.7. The summed E-state index contributed by atoms with van der Waals surface area (Å²) in [5.74, 6) is -0.0867. The van der Waals surface area contributed by atoms with Gasteiger partial charge in [0.2, 0.25) is 0 Å². The quantitative estimate of drug-likeness (QED) is 0.379. The lowest BCUT2D eigenvalue weighted by Crippen LogP contribution is -2.49. The number of amides is 2. The van der Waals surface area contributed by atoms with Gasteiger partial charge in [-0.05, 0) is 50.6 Å². The molecule has 1 unspecified atom stereocenters. The smallest absolute Gasteiger partial charge is 0.415 e. The van der Waals surface area contributed by atoms with Crippen molar-refractivity contribution in [1.82, 2.24) is 15.5 Å². The first kappa shape index (κ1) is 25.0. The standard InChI is InChI=1S/C25H31N3O6/c1-25(2,3)34-24(31)28-14-12-26-21(17-28)19-10-7-11-20(16-19)32-15-13-27-23(30)33-22(29)18-8-5-4-6-9-18/h4-11,16,21,26H,12-15,17H2,1-3H3,(H,27,30). The van der Waals surface area contributed by atoms with Gasteiger partial charge in [-0.1, -0.05) is 30.3 Å². The first-order valence-corrected chi connectivity index (χ1v) is 11.2. The van der Waals surface area contributed by atoms with E-state index in [0.29, 0.717) is 30.9 Å². The summed E-state index contributed by atoms with van der Waals surface area (Å²) >= 11 is 0. The highest BCUT2D eigenvalue weighted by atomic mass is 16.6. The van der Waals surface area contributed by atoms with Crippen LogP contribution < -0.4 is 15.4 Å². The zero-order chi connectivity index (χ0) is 24.6. The van der Waals surface area contributed by atoms with Crippen molar-refractivity contribution < 1.29 is 28.6 Å². The largest absolute Gasteiger partial charge is 0.492 e. The third-order valence-corrected chi connectivity index (χ3v) is 4.92. The van der Waals surface area contributed by atoms with E-state index in [-0.39, 0.29) is 25.3 Å². The number of rotatable bonds is 6. The Morgan fingerprint density at radius 2 is 1.85 bits per heavy atom. The third-order valence-electron chi connectivity index (χ3n) is 4.92. The van der Waals surface area contributed by atoms with Gasteiger partial charge in [-0.15, -0.1) is 0 Å². The summed E-state index contributed by atoms with van der Waals surface area (Å²) in [5.41, 5.74) is 0.736. The molecular weight excluding hydrogens is 438 g/mol. The number of ether oxygens (including phenoxy) is 3. The number of hydrogen-bond donors (Lipinski definition) is 2. The van der Waals surface area contributed by atoms with E-state index < -0.39 is 17.7 Å². The minimum atomic E-state index is -0.833. The van der Waals surface area contributed by atoms with E-state index >= 15 is 0 Å². The van der Waals surface area contributed by atoms with Crippen LogP contribution in [0.25, 0.3) is 0 Å². The highest BCUT2D eigenvalue weighted by Crippen LogP contribution is 2.23. The molecule has 1 atom stereocenters. The minimum Gasteiger partial charge on any atom is -0.492 e. The van der Waals surface area contributed by atoms with Crippen molar-refractivity contribution in [2.75, 3.05) is 32.8 Å². The second-order valence-electron chi connectivity index (χ2n) is 8.82. The Balaban J connectivity index is 1.45. The predicted molar refractivity (Wildman–Crippen MR) is 126 cm³/mol. The molecule has 182 valence electrons. The van der Waals surface area contributed by atoms with Gasteiger partial charge in [0.15, 0.2) is 0 Å². The third kappa shape index (κ3) is 7.77. The SMILES string of the molecule is CC(C)(C)OC(=O)N1CCNC(c2cccc(OCCNC(=O)OC(=O)c3ccccc3)c2)C1. The molecule has 1 heterocycles. The van der Waals surface area contributed by atoms with Crippen LogP contribution in [-0.2, 0) is 9.47 Å². The molecule has 1 fully saturated rings. The van der Waals surface area contributed by atoms with Crippen LogP contribution in [0.1, 0.15) is 42.7 Å². The second-order valence-corrected chi connectivity index (χ2v) is 8.82. The van der Waals surface area contributed by atoms with Crippen LogP contribution in [0.15, 0.2) is 54.6 Å². The van der Waals surface area contributed by atoms with Crippen molar-refractivity contribution in [3.8, 4) is 5.75 Å². The molecular formula is C25H31N3O6. The molecule has 2 aromatic carbocycles. The van der Waals surface area contributed by atoms with Crippen LogP contribution in [0.5, 0.6) is 5.75 Å². The maximum Gasteiger partial charge on any atom is 0.415 e. The van der Waals surface area contributed by atoms with Gasteiger partial charge in [-0.25, -0.2) is 14.4 Å². The number of benzene rings is 2. The molecule has 0 spiro atoms. The van der Waals surface area contributed by atoms with Gasteiger partial charge >= 0.3 is 18.2 Å². The summed E-state index contributed by atoms with van der Waals surface area (Å²) in [4.78, 5) is 37.8. The summed E-state index contributed by atoms with van der Waals surface area (Å²) in [5, 5.41) is 5.90. The molecule has 0 bridgehead atoms. The molecule has 1 saturated heterocycles. The Bertz CT molecular complexity index is 990. The molecule has 2 amide bonds. The van der Waals surface area contributed by atoms with E-state index in [1.54, 1.807) is 35.2 Å². The maximum absolute atomic E-state index is 12.4. The van der Waals surface area contributed by atoms with Crippen LogP contribution in [-0.4, -0.2) is 61.4 Å². The average Bonchev–Trinajstić information content (AvgIpc) is 2.81. The average molecular weight is 470 g/mol. The molecule has 2 aromatic rings. The number of carbonyl (C=O) groups excluding carboxylic acids is 3. The van der Waals surface area contributed by atoms with E-state index in [2.05, 4.69) is 10.6 Å². The lowest BCUT2D eigenvalue weighted by atomic mass is 10.0. The van der Waals surface area contributed by atoms with E-state index in [1.807, 2.05) is 45.0 Å². The number of nitrogens with zero attached hydrogens (tertiary/aromatic N) is 1. The summed E-state index contributed by atoms with van der Waals surface area (Å²) in [7, 11) is 0. The molecule has 1 aliphatic rings. The van der Waals surface area contributed by atoms with E-state index in [4.69, 9.17) is 14.2 Å². The molecule has 2 N–H and O–H groups in total. The van der Waals surface area contributed by atoms with Crippen molar-refractivity contribution in [1.29, 1.82) is 0 Å². The first-order chi connectivity index (χ1) is 16.2.